The Labute approximate surface area is 126 Å². The third-order valence-electron chi connectivity index (χ3n) is 4.18. The molecule has 0 aromatic carbocycles. The largest absolute Gasteiger partial charge is 0.360 e. The summed E-state index contributed by atoms with van der Waals surface area (Å²) in [6.07, 6.45) is 8.58. The van der Waals surface area contributed by atoms with E-state index < -0.39 is 0 Å². The molecule has 0 saturated heterocycles. The minimum Gasteiger partial charge on any atom is -0.360 e. The highest BCUT2D eigenvalue weighted by molar-refractivity contribution is 5.96. The van der Waals surface area contributed by atoms with Crippen molar-refractivity contribution >= 4 is 5.91 Å². The smallest absolute Gasteiger partial charge is 0.256 e. The maximum atomic E-state index is 12.2. The van der Waals surface area contributed by atoms with Crippen LogP contribution in [0.4, 0.5) is 0 Å². The fraction of sp³-hybridized carbons (Fsp3) is 0.750. The van der Waals surface area contributed by atoms with Gasteiger partial charge in [0, 0.05) is 25.6 Å². The summed E-state index contributed by atoms with van der Waals surface area (Å²) in [5, 5.41) is 10.4. The van der Waals surface area contributed by atoms with E-state index in [4.69, 9.17) is 4.52 Å². The molecule has 0 unspecified atom stereocenters. The van der Waals surface area contributed by atoms with Crippen molar-refractivity contribution in [3.05, 3.63) is 17.0 Å². The summed E-state index contributed by atoms with van der Waals surface area (Å²) in [5.41, 5.74) is 1.27. The number of nitrogens with zero attached hydrogens (tertiary/aromatic N) is 1. The molecule has 1 aromatic rings. The summed E-state index contributed by atoms with van der Waals surface area (Å²) in [7, 11) is 0. The Morgan fingerprint density at radius 2 is 1.95 bits per heavy atom. The van der Waals surface area contributed by atoms with Gasteiger partial charge in [0.25, 0.3) is 5.91 Å². The maximum absolute atomic E-state index is 12.2. The van der Waals surface area contributed by atoms with E-state index in [9.17, 15) is 4.79 Å². The second kappa shape index (κ2) is 8.17. The summed E-state index contributed by atoms with van der Waals surface area (Å²) < 4.78 is 5.15. The lowest BCUT2D eigenvalue weighted by Crippen LogP contribution is -2.37. The Morgan fingerprint density at radius 1 is 1.24 bits per heavy atom. The Balaban J connectivity index is 1.72. The highest BCUT2D eigenvalue weighted by atomic mass is 16.5. The van der Waals surface area contributed by atoms with Crippen LogP contribution in [0.5, 0.6) is 0 Å². The van der Waals surface area contributed by atoms with Crippen LogP contribution in [0.1, 0.15) is 67.3 Å². The van der Waals surface area contributed by atoms with Crippen molar-refractivity contribution < 1.29 is 9.32 Å². The van der Waals surface area contributed by atoms with Crippen LogP contribution in [0.3, 0.4) is 0 Å². The van der Waals surface area contributed by atoms with Gasteiger partial charge in [0.2, 0.25) is 0 Å². The van der Waals surface area contributed by atoms with Crippen LogP contribution in [-0.2, 0) is 6.42 Å². The lowest BCUT2D eigenvalue weighted by molar-refractivity contribution is 0.0951. The topological polar surface area (TPSA) is 67.2 Å². The molecule has 0 bridgehead atoms. The number of hydrogen-bond acceptors (Lipinski definition) is 4. The highest BCUT2D eigenvalue weighted by Crippen LogP contribution is 2.17. The molecule has 2 rings (SSSR count). The first-order valence-electron chi connectivity index (χ1n) is 8.19. The number of carbonyl (C=O) groups is 1. The molecule has 5 heteroatoms. The van der Waals surface area contributed by atoms with Crippen LogP contribution in [0.2, 0.25) is 0 Å². The average molecular weight is 293 g/mol. The van der Waals surface area contributed by atoms with Crippen molar-refractivity contribution in [2.45, 2.75) is 64.8 Å². The number of hydrogen-bond donors (Lipinski definition) is 2. The van der Waals surface area contributed by atoms with Crippen molar-refractivity contribution in [2.24, 2.45) is 0 Å². The van der Waals surface area contributed by atoms with Gasteiger partial charge in [0.1, 0.15) is 11.3 Å². The van der Waals surface area contributed by atoms with E-state index in [0.29, 0.717) is 36.0 Å². The lowest BCUT2D eigenvalue weighted by Gasteiger charge is -2.16. The van der Waals surface area contributed by atoms with Gasteiger partial charge in [-0.05, 0) is 19.8 Å². The maximum Gasteiger partial charge on any atom is 0.256 e. The molecule has 0 spiro atoms. The standard InChI is InChI=1S/C16H27N3O2/c1-3-14-15(12(2)19-21-14)16(20)18-11-10-17-13-8-6-4-5-7-9-13/h13,17H,3-11H2,1-2H3,(H,18,20). The Bertz CT molecular complexity index is 448. The summed E-state index contributed by atoms with van der Waals surface area (Å²) in [4.78, 5) is 12.2. The molecular formula is C16H27N3O2. The fourth-order valence-electron chi connectivity index (χ4n) is 2.97. The van der Waals surface area contributed by atoms with E-state index in [2.05, 4.69) is 15.8 Å². The van der Waals surface area contributed by atoms with Crippen molar-refractivity contribution in [1.29, 1.82) is 0 Å². The van der Waals surface area contributed by atoms with Crippen LogP contribution >= 0.6 is 0 Å². The zero-order valence-electron chi connectivity index (χ0n) is 13.2. The molecule has 118 valence electrons. The van der Waals surface area contributed by atoms with E-state index in [-0.39, 0.29) is 5.91 Å². The number of carbonyl (C=O) groups excluding carboxylic acids is 1. The van der Waals surface area contributed by atoms with Crippen LogP contribution in [0.25, 0.3) is 0 Å². The first-order valence-corrected chi connectivity index (χ1v) is 8.19. The minimum atomic E-state index is -0.0757. The van der Waals surface area contributed by atoms with Gasteiger partial charge in [0.15, 0.2) is 0 Å². The summed E-state index contributed by atoms with van der Waals surface area (Å²) in [6, 6.07) is 0.618. The first kappa shape index (κ1) is 16.0. The van der Waals surface area contributed by atoms with Crippen molar-refractivity contribution in [1.82, 2.24) is 15.8 Å². The molecular weight excluding hydrogens is 266 g/mol. The molecule has 1 aliphatic carbocycles. The second-order valence-corrected chi connectivity index (χ2v) is 5.82. The number of amides is 1. The van der Waals surface area contributed by atoms with Gasteiger partial charge in [0.05, 0.1) is 5.69 Å². The number of aromatic nitrogens is 1. The molecule has 21 heavy (non-hydrogen) atoms. The van der Waals surface area contributed by atoms with Crippen LogP contribution in [0, 0.1) is 6.92 Å². The monoisotopic (exact) mass is 293 g/mol. The third kappa shape index (κ3) is 4.56. The molecule has 1 fully saturated rings. The van der Waals surface area contributed by atoms with Gasteiger partial charge in [-0.15, -0.1) is 0 Å². The van der Waals surface area contributed by atoms with E-state index in [1.54, 1.807) is 6.92 Å². The normalized spacial score (nSPS) is 16.7. The highest BCUT2D eigenvalue weighted by Gasteiger charge is 2.18. The summed E-state index contributed by atoms with van der Waals surface area (Å²) >= 11 is 0. The molecule has 2 N–H and O–H groups in total. The lowest BCUT2D eigenvalue weighted by atomic mass is 10.1. The third-order valence-corrected chi connectivity index (χ3v) is 4.18. The fourth-order valence-corrected chi connectivity index (χ4v) is 2.97. The van der Waals surface area contributed by atoms with Crippen molar-refractivity contribution in [3.63, 3.8) is 0 Å². The van der Waals surface area contributed by atoms with E-state index in [1.165, 1.54) is 38.5 Å². The van der Waals surface area contributed by atoms with E-state index >= 15 is 0 Å². The predicted molar refractivity (Wildman–Crippen MR) is 82.4 cm³/mol. The molecule has 1 aliphatic rings. The van der Waals surface area contributed by atoms with Crippen molar-refractivity contribution in [2.75, 3.05) is 13.1 Å². The molecule has 0 radical (unpaired) electrons. The van der Waals surface area contributed by atoms with Crippen molar-refractivity contribution in [3.8, 4) is 0 Å². The summed E-state index contributed by atoms with van der Waals surface area (Å²) in [5.74, 6) is 0.593. The summed E-state index contributed by atoms with van der Waals surface area (Å²) in [6.45, 7) is 5.23. The van der Waals surface area contributed by atoms with Crippen LogP contribution in [0.15, 0.2) is 4.52 Å². The SMILES string of the molecule is CCc1onc(C)c1C(=O)NCCNC1CCCCCC1. The molecule has 5 nitrogen and oxygen atoms in total. The molecule has 0 aliphatic heterocycles. The minimum absolute atomic E-state index is 0.0757. The van der Waals surface area contributed by atoms with Crippen LogP contribution < -0.4 is 10.6 Å². The zero-order valence-corrected chi connectivity index (χ0v) is 13.2. The number of aryl methyl sites for hydroxylation is 2. The van der Waals surface area contributed by atoms with Gasteiger partial charge in [-0.3, -0.25) is 4.79 Å². The number of nitrogens with one attached hydrogen (secondary N) is 2. The molecule has 1 amide bonds. The zero-order chi connectivity index (χ0) is 15.1. The predicted octanol–water partition coefficient (Wildman–Crippen LogP) is 2.59. The van der Waals surface area contributed by atoms with Gasteiger partial charge in [-0.25, -0.2) is 0 Å². The van der Waals surface area contributed by atoms with Gasteiger partial charge in [-0.1, -0.05) is 37.8 Å². The molecule has 1 heterocycles. The van der Waals surface area contributed by atoms with Gasteiger partial charge in [-0.2, -0.15) is 0 Å². The van der Waals surface area contributed by atoms with Gasteiger partial charge < -0.3 is 15.2 Å². The quantitative estimate of drug-likeness (QED) is 0.625. The van der Waals surface area contributed by atoms with E-state index in [0.717, 1.165) is 6.54 Å². The molecule has 1 saturated carbocycles. The van der Waals surface area contributed by atoms with Gasteiger partial charge >= 0.3 is 0 Å². The first-order chi connectivity index (χ1) is 10.2. The van der Waals surface area contributed by atoms with Crippen LogP contribution in [-0.4, -0.2) is 30.2 Å². The molecule has 1 aromatic heterocycles. The van der Waals surface area contributed by atoms with E-state index in [1.807, 2.05) is 6.92 Å². The Kier molecular flexibility index (Phi) is 6.23. The Morgan fingerprint density at radius 3 is 2.62 bits per heavy atom. The second-order valence-electron chi connectivity index (χ2n) is 5.82. The average Bonchev–Trinajstić information content (AvgIpc) is 2.69. The number of rotatable bonds is 6. The molecule has 0 atom stereocenters. The Hall–Kier alpha value is -1.36.